The fraction of sp³-hybridized carbons (Fsp3) is 0. The van der Waals surface area contributed by atoms with Gasteiger partial charge in [-0.25, -0.2) is 5.73 Å². The van der Waals surface area contributed by atoms with Gasteiger partial charge in [0.1, 0.15) is 0 Å². The first-order valence-electron chi connectivity index (χ1n) is 1.08. The van der Waals surface area contributed by atoms with Crippen molar-refractivity contribution in [1.29, 1.82) is 0 Å². The number of carbonyl (C=O) groups is 1. The molecule has 0 aromatic heterocycles. The van der Waals surface area contributed by atoms with Gasteiger partial charge in [0.15, 0.2) is 0 Å². The highest BCUT2D eigenvalue weighted by Crippen LogP contribution is 1.59. The number of rotatable bonds is 0. The van der Waals surface area contributed by atoms with Crippen molar-refractivity contribution in [3.8, 4) is 0 Å². The van der Waals surface area contributed by atoms with Crippen molar-refractivity contribution in [2.24, 2.45) is 5.73 Å². The second kappa shape index (κ2) is 1.34. The maximum Gasteiger partial charge on any atom is 0.530 e. The van der Waals surface area contributed by atoms with Crippen LogP contribution in [0.1, 0.15) is 0 Å². The van der Waals surface area contributed by atoms with Crippen molar-refractivity contribution < 1.29 is 9.72 Å². The largest absolute Gasteiger partial charge is 0.530 e. The van der Waals surface area contributed by atoms with Crippen LogP contribution in [-0.2, 0) is 0 Å². The van der Waals surface area contributed by atoms with Crippen molar-refractivity contribution in [3.05, 3.63) is 10.1 Å². The summed E-state index contributed by atoms with van der Waals surface area (Å²) in [4.78, 5) is 17.1. The lowest BCUT2D eigenvalue weighted by molar-refractivity contribution is -0.371. The lowest BCUT2D eigenvalue weighted by atomic mass is 11.2. The van der Waals surface area contributed by atoms with Crippen molar-refractivity contribution in [2.45, 2.75) is 0 Å². The molecular weight excluding hydrogens is 88.0 g/mol. The zero-order valence-electron chi connectivity index (χ0n) is 2.75. The Hall–Kier alpha value is -1.13. The molecule has 0 unspecified atom stereocenters. The summed E-state index contributed by atoms with van der Waals surface area (Å²) in [6.45, 7) is 0. The lowest BCUT2D eigenvalue weighted by Gasteiger charge is -1.78. The third kappa shape index (κ3) is 1.22. The highest BCUT2D eigenvalue weighted by molar-refractivity contribution is 5.62. The van der Waals surface area contributed by atoms with E-state index in [1.54, 1.807) is 0 Å². The normalized spacial score (nSPS) is 7.33. The van der Waals surface area contributed by atoms with Gasteiger partial charge in [0.05, 0.1) is 0 Å². The second-order valence-corrected chi connectivity index (χ2v) is 0.595. The van der Waals surface area contributed by atoms with Crippen molar-refractivity contribution in [1.82, 2.24) is 0 Å². The Kier molecular flexibility index (Phi) is 1.09. The van der Waals surface area contributed by atoms with Crippen molar-refractivity contribution in [3.63, 3.8) is 0 Å². The minimum atomic E-state index is -1.52. The van der Waals surface area contributed by atoms with Crippen LogP contribution in [0.5, 0.6) is 0 Å². The van der Waals surface area contributed by atoms with E-state index in [2.05, 4.69) is 5.73 Å². The minimum absolute atomic E-state index is 1.19. The fourth-order valence-corrected chi connectivity index (χ4v) is 0. The molecule has 0 heterocycles. The molecule has 34 valence electrons. The van der Waals surface area contributed by atoms with E-state index in [0.717, 1.165) is 0 Å². The van der Waals surface area contributed by atoms with Crippen LogP contribution in [0.3, 0.4) is 0 Å². The Morgan fingerprint density at radius 2 is 2.00 bits per heavy atom. The molecule has 6 heavy (non-hydrogen) atoms. The summed E-state index contributed by atoms with van der Waals surface area (Å²) in [6, 6.07) is -1.52. The summed E-state index contributed by atoms with van der Waals surface area (Å²) >= 11 is 0. The number of urea groups is 1. The second-order valence-electron chi connectivity index (χ2n) is 0.595. The molecule has 0 fully saturated rings. The summed E-state index contributed by atoms with van der Waals surface area (Å²) in [7, 11) is 0. The van der Waals surface area contributed by atoms with E-state index in [9.17, 15) is 4.79 Å². The van der Waals surface area contributed by atoms with E-state index in [-0.39, 0.29) is 0 Å². The van der Waals surface area contributed by atoms with Crippen LogP contribution < -0.4 is 5.73 Å². The van der Waals surface area contributed by atoms with Crippen LogP contribution in [0, 0.1) is 10.1 Å². The summed E-state index contributed by atoms with van der Waals surface area (Å²) < 4.78 is 0. The summed E-state index contributed by atoms with van der Waals surface area (Å²) in [5.74, 6) is 0. The van der Waals surface area contributed by atoms with Gasteiger partial charge in [-0.05, 0) is 0 Å². The molecule has 0 spiro atoms. The van der Waals surface area contributed by atoms with Gasteiger partial charge < -0.3 is 10.1 Å². The van der Waals surface area contributed by atoms with Gasteiger partial charge in [-0.3, -0.25) is 0 Å². The molecule has 0 radical (unpaired) electrons. The highest BCUT2D eigenvalue weighted by Gasteiger charge is 1.97. The molecule has 2 amide bonds. The van der Waals surface area contributed by atoms with Gasteiger partial charge in [-0.1, -0.05) is 0 Å². The summed E-state index contributed by atoms with van der Waals surface area (Å²) in [5, 5.41) is 9.03. The van der Waals surface area contributed by atoms with Gasteiger partial charge >= 0.3 is 6.03 Å². The van der Waals surface area contributed by atoms with Crippen LogP contribution in [0.2, 0.25) is 0 Å². The van der Waals surface area contributed by atoms with Crippen LogP contribution in [-0.4, -0.2) is 11.0 Å². The monoisotopic (exact) mass is 90.0 g/mol. The Bertz CT molecular complexity index is 74.8. The third-order valence-corrected chi connectivity index (χ3v) is 0.180. The van der Waals surface area contributed by atoms with Crippen molar-refractivity contribution in [2.75, 3.05) is 0 Å². The number of hydrogen-bond acceptors (Lipinski definition) is 3. The number of nitro groups is 1. The minimum Gasteiger partial charge on any atom is -0.355 e. The van der Waals surface area contributed by atoms with E-state index >= 15 is 0 Å². The van der Waals surface area contributed by atoms with Gasteiger partial charge in [-0.15, -0.1) is 0 Å². The molecule has 5 heteroatoms. The zero-order valence-corrected chi connectivity index (χ0v) is 2.75. The van der Waals surface area contributed by atoms with Crippen LogP contribution in [0.15, 0.2) is 0 Å². The predicted octanol–water partition coefficient (Wildman–Crippen LogP) is -0.658. The Labute approximate surface area is 32.9 Å². The van der Waals surface area contributed by atoms with Crippen LogP contribution >= 0.6 is 0 Å². The molecule has 5 nitrogen and oxygen atoms in total. The summed E-state index contributed by atoms with van der Waals surface area (Å²) in [6.07, 6.45) is 0. The average Bonchev–Trinajstić information content (AvgIpc) is 1.36. The summed E-state index contributed by atoms with van der Waals surface area (Å²) in [5.41, 5.74) is 4.10. The van der Waals surface area contributed by atoms with E-state index in [1.807, 2.05) is 0 Å². The van der Waals surface area contributed by atoms with Gasteiger partial charge in [0, 0.05) is 4.92 Å². The molecule has 0 bridgehead atoms. The van der Waals surface area contributed by atoms with Gasteiger partial charge in [0.2, 0.25) is 0 Å². The lowest BCUT2D eigenvalue weighted by Crippen LogP contribution is -2.18. The predicted molar refractivity (Wildman–Crippen MR) is 16.6 cm³/mol. The molecule has 0 aromatic carbocycles. The number of hydrogen-bond donors (Lipinski definition) is 1. The standard InChI is InChI=1S/CH2N2O3/c2-1(4)3(5)6/h(H2,2,4). The number of nitrogens with two attached hydrogens (primary N) is 1. The zero-order chi connectivity index (χ0) is 5.15. The molecule has 0 atom stereocenters. The van der Waals surface area contributed by atoms with Gasteiger partial charge in [0.25, 0.3) is 0 Å². The quantitative estimate of drug-likeness (QED) is 0.316. The highest BCUT2D eigenvalue weighted by atomic mass is 16.6. The Morgan fingerprint density at radius 1 is 1.83 bits per heavy atom. The molecule has 0 aliphatic heterocycles. The number of amides is 2. The SMILES string of the molecule is NC(=O)[N+](=O)[O-]. The molecule has 0 aliphatic rings. The van der Waals surface area contributed by atoms with E-state index in [1.165, 1.54) is 0 Å². The molecule has 0 aliphatic carbocycles. The molecule has 0 rings (SSSR count). The van der Waals surface area contributed by atoms with Crippen LogP contribution in [0.4, 0.5) is 4.79 Å². The Balaban J connectivity index is 3.57. The van der Waals surface area contributed by atoms with Crippen LogP contribution in [0.25, 0.3) is 0 Å². The maximum absolute atomic E-state index is 9.22. The first kappa shape index (κ1) is 4.87. The number of carbonyl (C=O) groups excluding carboxylic acids is 1. The van der Waals surface area contributed by atoms with E-state index < -0.39 is 11.0 Å². The first-order chi connectivity index (χ1) is 2.64. The average molecular weight is 90.0 g/mol. The molecular formula is CH2N2O3. The molecule has 0 aromatic rings. The van der Waals surface area contributed by atoms with Gasteiger partial charge in [-0.2, -0.15) is 4.79 Å². The maximum atomic E-state index is 9.22. The smallest absolute Gasteiger partial charge is 0.355 e. The fourth-order valence-electron chi connectivity index (χ4n) is 0. The van der Waals surface area contributed by atoms with Crippen molar-refractivity contribution >= 4 is 6.03 Å². The first-order valence-corrected chi connectivity index (χ1v) is 1.08. The molecule has 0 saturated carbocycles. The topological polar surface area (TPSA) is 86.2 Å². The van der Waals surface area contributed by atoms with E-state index in [0.29, 0.717) is 0 Å². The van der Waals surface area contributed by atoms with E-state index in [4.69, 9.17) is 10.1 Å². The third-order valence-electron chi connectivity index (χ3n) is 0.180. The Morgan fingerprint density at radius 3 is 2.00 bits per heavy atom. The number of nitrogens with zero attached hydrogens (tertiary/aromatic N) is 1. The number of primary amides is 1. The molecule has 0 saturated heterocycles. The molecule has 2 N–H and O–H groups in total.